The minimum Gasteiger partial charge on any atom is -0.369 e. The van der Waals surface area contributed by atoms with E-state index in [1.165, 1.54) is 15.6 Å². The zero-order valence-corrected chi connectivity index (χ0v) is 19.4. The number of primary amides is 1. The third kappa shape index (κ3) is 5.06. The number of hydrogen-bond donors (Lipinski definition) is 2. The molecule has 5 nitrogen and oxygen atoms in total. The number of thiophene rings is 1. The Hall–Kier alpha value is -3.25. The van der Waals surface area contributed by atoms with Gasteiger partial charge in [-0.25, -0.2) is 9.97 Å². The van der Waals surface area contributed by atoms with Gasteiger partial charge in [-0.1, -0.05) is 48.5 Å². The van der Waals surface area contributed by atoms with Gasteiger partial charge in [0.1, 0.15) is 11.6 Å². The second-order valence-corrected chi connectivity index (χ2v) is 9.77. The number of nitrogens with zero attached hydrogens (tertiary/aromatic N) is 2. The first kappa shape index (κ1) is 21.6. The van der Waals surface area contributed by atoms with Gasteiger partial charge in [0.05, 0.1) is 5.69 Å². The lowest BCUT2D eigenvalue weighted by Crippen LogP contribution is -2.28. The highest BCUT2D eigenvalue weighted by Gasteiger charge is 2.25. The van der Waals surface area contributed by atoms with Crippen molar-refractivity contribution in [2.75, 3.05) is 5.32 Å². The quantitative estimate of drug-likeness (QED) is 0.368. The first-order valence-electron chi connectivity index (χ1n) is 11.6. The molecule has 0 spiro atoms. The van der Waals surface area contributed by atoms with Gasteiger partial charge >= 0.3 is 0 Å². The SMILES string of the molecule is NC(=O)C1CCC(Cc2nc(NCc3ccccc3)cc(-c3csc4ccccc34)n2)CC1. The zero-order valence-electron chi connectivity index (χ0n) is 18.5. The molecule has 1 aliphatic rings. The van der Waals surface area contributed by atoms with Crippen LogP contribution in [0.15, 0.2) is 66.0 Å². The number of fused-ring (bicyclic) bond motifs is 1. The molecule has 33 heavy (non-hydrogen) atoms. The van der Waals surface area contributed by atoms with Gasteiger partial charge in [-0.05, 0) is 43.2 Å². The van der Waals surface area contributed by atoms with Gasteiger partial charge in [-0.3, -0.25) is 4.79 Å². The van der Waals surface area contributed by atoms with Crippen molar-refractivity contribution in [3.05, 3.63) is 77.4 Å². The summed E-state index contributed by atoms with van der Waals surface area (Å²) in [6.45, 7) is 0.713. The van der Waals surface area contributed by atoms with Crippen molar-refractivity contribution in [2.24, 2.45) is 17.6 Å². The molecule has 168 valence electrons. The average molecular weight is 457 g/mol. The van der Waals surface area contributed by atoms with E-state index in [4.69, 9.17) is 15.7 Å². The molecule has 1 fully saturated rings. The van der Waals surface area contributed by atoms with Gasteiger partial charge in [0, 0.05) is 46.0 Å². The Kier molecular flexibility index (Phi) is 6.35. The summed E-state index contributed by atoms with van der Waals surface area (Å²) in [5, 5.41) is 6.92. The zero-order chi connectivity index (χ0) is 22.6. The Bertz CT molecular complexity index is 1250. The summed E-state index contributed by atoms with van der Waals surface area (Å²) in [5.41, 5.74) is 8.84. The molecule has 0 aliphatic heterocycles. The van der Waals surface area contributed by atoms with Gasteiger partial charge in [0.15, 0.2) is 0 Å². The second-order valence-electron chi connectivity index (χ2n) is 8.86. The third-order valence-electron chi connectivity index (χ3n) is 6.57. The number of nitrogens with one attached hydrogen (secondary N) is 1. The molecule has 2 aromatic carbocycles. The highest BCUT2D eigenvalue weighted by Crippen LogP contribution is 2.35. The number of nitrogens with two attached hydrogens (primary N) is 1. The lowest BCUT2D eigenvalue weighted by Gasteiger charge is -2.26. The molecule has 2 aromatic heterocycles. The fourth-order valence-electron chi connectivity index (χ4n) is 4.69. The molecule has 5 rings (SSSR count). The molecule has 2 heterocycles. The van der Waals surface area contributed by atoms with Crippen LogP contribution in [0.1, 0.15) is 37.1 Å². The number of hydrogen-bond acceptors (Lipinski definition) is 5. The number of aromatic nitrogens is 2. The van der Waals surface area contributed by atoms with Gasteiger partial charge in [-0.2, -0.15) is 0 Å². The van der Waals surface area contributed by atoms with Crippen LogP contribution in [0, 0.1) is 11.8 Å². The van der Waals surface area contributed by atoms with Gasteiger partial charge in [0.25, 0.3) is 0 Å². The Morgan fingerprint density at radius 1 is 1.00 bits per heavy atom. The lowest BCUT2D eigenvalue weighted by molar-refractivity contribution is -0.122. The predicted octanol–water partition coefficient (Wildman–Crippen LogP) is 5.80. The number of carbonyl (C=O) groups is 1. The van der Waals surface area contributed by atoms with Crippen LogP contribution in [0.4, 0.5) is 5.82 Å². The summed E-state index contributed by atoms with van der Waals surface area (Å²) < 4.78 is 1.26. The van der Waals surface area contributed by atoms with Crippen molar-refractivity contribution in [2.45, 2.75) is 38.6 Å². The molecular formula is C27H28N4OS. The molecular weight excluding hydrogens is 428 g/mol. The van der Waals surface area contributed by atoms with Crippen LogP contribution in [0.2, 0.25) is 0 Å². The minimum absolute atomic E-state index is 0.0220. The van der Waals surface area contributed by atoms with E-state index in [1.807, 2.05) is 18.2 Å². The van der Waals surface area contributed by atoms with Crippen molar-refractivity contribution in [1.29, 1.82) is 0 Å². The van der Waals surface area contributed by atoms with Crippen molar-refractivity contribution in [3.63, 3.8) is 0 Å². The normalized spacial score (nSPS) is 18.3. The summed E-state index contributed by atoms with van der Waals surface area (Å²) in [6, 6.07) is 20.9. The molecule has 0 atom stereocenters. The van der Waals surface area contributed by atoms with Crippen molar-refractivity contribution >= 4 is 33.1 Å². The van der Waals surface area contributed by atoms with E-state index < -0.39 is 0 Å². The van der Waals surface area contributed by atoms with Crippen LogP contribution in [0.5, 0.6) is 0 Å². The van der Waals surface area contributed by atoms with Crippen LogP contribution in [0.3, 0.4) is 0 Å². The molecule has 1 aliphatic carbocycles. The summed E-state index contributed by atoms with van der Waals surface area (Å²) in [6.07, 6.45) is 4.55. The Labute approximate surface area is 198 Å². The average Bonchev–Trinajstić information content (AvgIpc) is 3.28. The maximum atomic E-state index is 11.5. The molecule has 0 radical (unpaired) electrons. The monoisotopic (exact) mass is 456 g/mol. The third-order valence-corrected chi connectivity index (χ3v) is 7.53. The molecule has 6 heteroatoms. The van der Waals surface area contributed by atoms with E-state index in [0.717, 1.165) is 55.0 Å². The maximum Gasteiger partial charge on any atom is 0.220 e. The molecule has 4 aromatic rings. The van der Waals surface area contributed by atoms with Crippen LogP contribution in [-0.4, -0.2) is 15.9 Å². The summed E-state index contributed by atoms with van der Waals surface area (Å²) >= 11 is 1.74. The van der Waals surface area contributed by atoms with Crippen LogP contribution in [-0.2, 0) is 17.8 Å². The molecule has 1 amide bonds. The van der Waals surface area contributed by atoms with E-state index >= 15 is 0 Å². The first-order chi connectivity index (χ1) is 16.2. The number of carbonyl (C=O) groups excluding carboxylic acids is 1. The molecule has 1 saturated carbocycles. The molecule has 0 saturated heterocycles. The Morgan fingerprint density at radius 2 is 1.76 bits per heavy atom. The number of anilines is 1. The predicted molar refractivity (Wildman–Crippen MR) is 135 cm³/mol. The van der Waals surface area contributed by atoms with Crippen molar-refractivity contribution in [1.82, 2.24) is 9.97 Å². The molecule has 0 bridgehead atoms. The minimum atomic E-state index is -0.163. The summed E-state index contributed by atoms with van der Waals surface area (Å²) in [4.78, 5) is 21.4. The highest BCUT2D eigenvalue weighted by molar-refractivity contribution is 7.17. The second kappa shape index (κ2) is 9.71. The number of benzene rings is 2. The lowest BCUT2D eigenvalue weighted by atomic mass is 9.80. The van der Waals surface area contributed by atoms with E-state index in [0.29, 0.717) is 12.5 Å². The smallest absolute Gasteiger partial charge is 0.220 e. The van der Waals surface area contributed by atoms with Crippen LogP contribution in [0.25, 0.3) is 21.3 Å². The van der Waals surface area contributed by atoms with Crippen LogP contribution >= 0.6 is 11.3 Å². The van der Waals surface area contributed by atoms with E-state index in [2.05, 4.69) is 53.2 Å². The van der Waals surface area contributed by atoms with Crippen molar-refractivity contribution in [3.8, 4) is 11.3 Å². The maximum absolute atomic E-state index is 11.5. The van der Waals surface area contributed by atoms with Crippen molar-refractivity contribution < 1.29 is 4.79 Å². The summed E-state index contributed by atoms with van der Waals surface area (Å²) in [5.74, 6) is 2.05. The standard InChI is InChI=1S/C27H28N4OS/c28-27(32)20-12-10-18(11-13-20)14-26-30-23(22-17-33-24-9-5-4-8-21(22)24)15-25(31-26)29-16-19-6-2-1-3-7-19/h1-9,15,17-18,20H,10-14,16H2,(H2,28,32)(H,29,30,31). The molecule has 3 N–H and O–H groups in total. The first-order valence-corrected chi connectivity index (χ1v) is 12.5. The molecule has 0 unspecified atom stereocenters. The number of amides is 1. The van der Waals surface area contributed by atoms with Crippen LogP contribution < -0.4 is 11.1 Å². The van der Waals surface area contributed by atoms with E-state index in [-0.39, 0.29) is 11.8 Å². The Balaban J connectivity index is 1.42. The fourth-order valence-corrected chi connectivity index (χ4v) is 5.65. The van der Waals surface area contributed by atoms with Gasteiger partial charge in [-0.15, -0.1) is 11.3 Å². The Morgan fingerprint density at radius 3 is 2.55 bits per heavy atom. The topological polar surface area (TPSA) is 80.9 Å². The van der Waals surface area contributed by atoms with E-state index in [1.54, 1.807) is 11.3 Å². The fraction of sp³-hybridized carbons (Fsp3) is 0.296. The summed E-state index contributed by atoms with van der Waals surface area (Å²) in [7, 11) is 0. The van der Waals surface area contributed by atoms with Gasteiger partial charge in [0.2, 0.25) is 5.91 Å². The number of rotatable bonds is 7. The highest BCUT2D eigenvalue weighted by atomic mass is 32.1. The van der Waals surface area contributed by atoms with Gasteiger partial charge < -0.3 is 11.1 Å². The largest absolute Gasteiger partial charge is 0.369 e. The van der Waals surface area contributed by atoms with E-state index in [9.17, 15) is 4.79 Å².